The van der Waals surface area contributed by atoms with Crippen molar-refractivity contribution in [2.45, 2.75) is 0 Å². The summed E-state index contributed by atoms with van der Waals surface area (Å²) in [5.74, 6) is 1.63. The van der Waals surface area contributed by atoms with Crippen LogP contribution < -0.4 is 14.4 Å². The normalized spacial score (nSPS) is 11.5. The van der Waals surface area contributed by atoms with E-state index in [9.17, 15) is 0 Å². The lowest BCUT2D eigenvalue weighted by Crippen LogP contribution is -2.07. The van der Waals surface area contributed by atoms with Gasteiger partial charge in [0.05, 0.1) is 14.2 Å². The zero-order chi connectivity index (χ0) is 18.1. The van der Waals surface area contributed by atoms with Crippen LogP contribution in [-0.2, 0) is 0 Å². The third-order valence-electron chi connectivity index (χ3n) is 3.74. The Hall–Kier alpha value is -2.94. The molecule has 0 heterocycles. The first-order valence-corrected chi connectivity index (χ1v) is 8.15. The molecule has 0 spiro atoms. The fourth-order valence-electron chi connectivity index (χ4n) is 2.31. The van der Waals surface area contributed by atoms with Gasteiger partial charge >= 0.3 is 0 Å². The monoisotopic (exact) mass is 335 g/mol. The summed E-state index contributed by atoms with van der Waals surface area (Å²) in [6, 6.07) is 14.2. The maximum absolute atomic E-state index is 5.36. The van der Waals surface area contributed by atoms with Crippen molar-refractivity contribution >= 4 is 17.8 Å². The standard InChI is InChI=1S/C22H25NO2/c1-23(2)20-13-11-18(12-14-20)9-7-5-6-8-10-19-17-21(24-3)15-16-22(19)25-4/h5-17H,1-4H3/b6-5+,9-7+,10-8+. The molecule has 0 radical (unpaired) electrons. The van der Waals surface area contributed by atoms with Gasteiger partial charge in [-0.25, -0.2) is 0 Å². The van der Waals surface area contributed by atoms with E-state index < -0.39 is 0 Å². The second-order valence-corrected chi connectivity index (χ2v) is 5.70. The average Bonchev–Trinajstić information content (AvgIpc) is 2.64. The van der Waals surface area contributed by atoms with Crippen molar-refractivity contribution in [2.24, 2.45) is 0 Å². The van der Waals surface area contributed by atoms with Crippen LogP contribution in [0.2, 0.25) is 0 Å². The highest BCUT2D eigenvalue weighted by Crippen LogP contribution is 2.25. The van der Waals surface area contributed by atoms with Gasteiger partial charge in [0.25, 0.3) is 0 Å². The van der Waals surface area contributed by atoms with Crippen LogP contribution in [0.4, 0.5) is 5.69 Å². The molecule has 3 nitrogen and oxygen atoms in total. The number of nitrogens with zero attached hydrogens (tertiary/aromatic N) is 1. The Morgan fingerprint density at radius 3 is 2.04 bits per heavy atom. The second-order valence-electron chi connectivity index (χ2n) is 5.70. The quantitative estimate of drug-likeness (QED) is 0.661. The largest absolute Gasteiger partial charge is 0.497 e. The lowest BCUT2D eigenvalue weighted by molar-refractivity contribution is 0.402. The molecule has 0 atom stereocenters. The van der Waals surface area contributed by atoms with Crippen LogP contribution in [0.5, 0.6) is 11.5 Å². The average molecular weight is 335 g/mol. The Kier molecular flexibility index (Phi) is 6.90. The van der Waals surface area contributed by atoms with Crippen molar-refractivity contribution in [3.63, 3.8) is 0 Å². The van der Waals surface area contributed by atoms with E-state index in [4.69, 9.17) is 9.47 Å². The minimum atomic E-state index is 0.811. The number of rotatable bonds is 7. The minimum Gasteiger partial charge on any atom is -0.497 e. The first kappa shape index (κ1) is 18.4. The Morgan fingerprint density at radius 2 is 1.44 bits per heavy atom. The first-order chi connectivity index (χ1) is 12.1. The zero-order valence-electron chi connectivity index (χ0n) is 15.3. The maximum Gasteiger partial charge on any atom is 0.126 e. The molecule has 2 aromatic rings. The molecule has 0 aromatic heterocycles. The third kappa shape index (κ3) is 5.57. The molecule has 2 aromatic carbocycles. The van der Waals surface area contributed by atoms with Gasteiger partial charge in [-0.1, -0.05) is 48.6 Å². The lowest BCUT2D eigenvalue weighted by atomic mass is 10.1. The van der Waals surface area contributed by atoms with Gasteiger partial charge in [0.15, 0.2) is 0 Å². The summed E-state index contributed by atoms with van der Waals surface area (Å²) >= 11 is 0. The van der Waals surface area contributed by atoms with Crippen molar-refractivity contribution in [1.82, 2.24) is 0 Å². The molecule has 0 aliphatic heterocycles. The van der Waals surface area contributed by atoms with E-state index in [-0.39, 0.29) is 0 Å². The van der Waals surface area contributed by atoms with Crippen LogP contribution in [0.15, 0.2) is 66.8 Å². The molecule has 0 saturated heterocycles. The van der Waals surface area contributed by atoms with Crippen molar-refractivity contribution in [1.29, 1.82) is 0 Å². The van der Waals surface area contributed by atoms with Crippen molar-refractivity contribution in [2.75, 3.05) is 33.2 Å². The summed E-state index contributed by atoms with van der Waals surface area (Å²) in [7, 11) is 7.40. The number of ether oxygens (including phenoxy) is 2. The smallest absolute Gasteiger partial charge is 0.126 e. The highest BCUT2D eigenvalue weighted by Gasteiger charge is 2.00. The molecular weight excluding hydrogens is 310 g/mol. The summed E-state index contributed by atoms with van der Waals surface area (Å²) in [6.07, 6.45) is 12.1. The Labute approximate surface area is 150 Å². The number of anilines is 1. The number of hydrogen-bond acceptors (Lipinski definition) is 3. The van der Waals surface area contributed by atoms with Gasteiger partial charge in [0, 0.05) is 25.3 Å². The van der Waals surface area contributed by atoms with Crippen molar-refractivity contribution in [3.05, 3.63) is 77.9 Å². The van der Waals surface area contributed by atoms with Gasteiger partial charge in [-0.2, -0.15) is 0 Å². The van der Waals surface area contributed by atoms with Gasteiger partial charge in [0.1, 0.15) is 11.5 Å². The molecule has 0 unspecified atom stereocenters. The predicted molar refractivity (Wildman–Crippen MR) is 108 cm³/mol. The van der Waals surface area contributed by atoms with Gasteiger partial charge in [-0.3, -0.25) is 0 Å². The summed E-state index contributed by atoms with van der Waals surface area (Å²) < 4.78 is 10.6. The SMILES string of the molecule is COc1ccc(OC)c(/C=C/C=C/C=C/c2ccc(N(C)C)cc2)c1. The van der Waals surface area contributed by atoms with Gasteiger partial charge in [-0.15, -0.1) is 0 Å². The van der Waals surface area contributed by atoms with Crippen LogP contribution in [0.1, 0.15) is 11.1 Å². The molecular formula is C22H25NO2. The second kappa shape index (κ2) is 9.38. The first-order valence-electron chi connectivity index (χ1n) is 8.15. The molecule has 0 amide bonds. The summed E-state index contributed by atoms with van der Waals surface area (Å²) in [4.78, 5) is 2.09. The minimum absolute atomic E-state index is 0.811. The summed E-state index contributed by atoms with van der Waals surface area (Å²) in [5.41, 5.74) is 3.35. The van der Waals surface area contributed by atoms with Gasteiger partial charge < -0.3 is 14.4 Å². The molecule has 0 fully saturated rings. The molecule has 0 bridgehead atoms. The third-order valence-corrected chi connectivity index (χ3v) is 3.74. The maximum atomic E-state index is 5.36. The van der Waals surface area contributed by atoms with Crippen molar-refractivity contribution < 1.29 is 9.47 Å². The highest BCUT2D eigenvalue weighted by molar-refractivity contribution is 5.61. The van der Waals surface area contributed by atoms with Crippen LogP contribution in [0.3, 0.4) is 0 Å². The summed E-state index contributed by atoms with van der Waals surface area (Å²) in [6.45, 7) is 0. The van der Waals surface area contributed by atoms with E-state index in [2.05, 4.69) is 35.2 Å². The fourth-order valence-corrected chi connectivity index (χ4v) is 2.31. The lowest BCUT2D eigenvalue weighted by Gasteiger charge is -2.11. The molecule has 130 valence electrons. The van der Waals surface area contributed by atoms with E-state index in [1.165, 1.54) is 11.3 Å². The van der Waals surface area contributed by atoms with Gasteiger partial charge in [-0.05, 0) is 35.9 Å². The molecule has 0 N–H and O–H groups in total. The molecule has 0 aliphatic rings. The number of hydrogen-bond donors (Lipinski definition) is 0. The molecule has 25 heavy (non-hydrogen) atoms. The van der Waals surface area contributed by atoms with Crippen LogP contribution in [-0.4, -0.2) is 28.3 Å². The topological polar surface area (TPSA) is 21.7 Å². The van der Waals surface area contributed by atoms with E-state index in [0.29, 0.717) is 0 Å². The molecule has 0 saturated carbocycles. The highest BCUT2D eigenvalue weighted by atomic mass is 16.5. The van der Waals surface area contributed by atoms with E-state index in [1.54, 1.807) is 14.2 Å². The molecule has 3 heteroatoms. The van der Waals surface area contributed by atoms with E-state index in [0.717, 1.165) is 17.1 Å². The Balaban J connectivity index is 1.97. The van der Waals surface area contributed by atoms with E-state index >= 15 is 0 Å². The zero-order valence-corrected chi connectivity index (χ0v) is 15.3. The van der Waals surface area contributed by atoms with Crippen LogP contribution in [0, 0.1) is 0 Å². The van der Waals surface area contributed by atoms with Crippen molar-refractivity contribution in [3.8, 4) is 11.5 Å². The van der Waals surface area contributed by atoms with Crippen LogP contribution in [0.25, 0.3) is 12.2 Å². The predicted octanol–water partition coefficient (Wildman–Crippen LogP) is 5.05. The molecule has 0 aliphatic carbocycles. The molecule has 2 rings (SSSR count). The van der Waals surface area contributed by atoms with E-state index in [1.807, 2.05) is 62.7 Å². The number of allylic oxidation sites excluding steroid dienone is 4. The van der Waals surface area contributed by atoms with Gasteiger partial charge in [0.2, 0.25) is 0 Å². The number of methoxy groups -OCH3 is 2. The van der Waals surface area contributed by atoms with Crippen LogP contribution >= 0.6 is 0 Å². The summed E-state index contributed by atoms with van der Waals surface area (Å²) in [5, 5.41) is 0. The fraction of sp³-hybridized carbons (Fsp3) is 0.182. The number of benzene rings is 2. The Bertz CT molecular complexity index is 756. The Morgan fingerprint density at radius 1 is 0.760 bits per heavy atom.